The van der Waals surface area contributed by atoms with Gasteiger partial charge in [0.2, 0.25) is 0 Å². The topological polar surface area (TPSA) is 20.2 Å². The molecule has 1 atom stereocenters. The molecule has 0 radical (unpaired) electrons. The number of hydrogen-bond acceptors (Lipinski definition) is 1. The Hall–Kier alpha value is -1.26. The summed E-state index contributed by atoms with van der Waals surface area (Å²) in [7, 11) is 0. The lowest BCUT2D eigenvalue weighted by Crippen LogP contribution is -2.11. The molecule has 1 N–H and O–H groups in total. The average Bonchev–Trinajstić information content (AvgIpc) is 2.12. The van der Waals surface area contributed by atoms with Crippen LogP contribution in [0.3, 0.4) is 0 Å². The van der Waals surface area contributed by atoms with Gasteiger partial charge in [-0.05, 0) is 43.0 Å². The fourth-order valence-electron chi connectivity index (χ4n) is 1.37. The summed E-state index contributed by atoms with van der Waals surface area (Å²) in [5.41, 5.74) is 3.39. The standard InChI is InChI=1S/C14H18O/c1-10(2)14(15)6-5-13-8-11(3)7-12(4)9-13/h7-10,14-15H,1-4H3. The minimum atomic E-state index is -0.536. The van der Waals surface area contributed by atoms with Crippen LogP contribution >= 0.6 is 0 Å². The summed E-state index contributed by atoms with van der Waals surface area (Å²) in [6.07, 6.45) is -0.536. The Balaban J connectivity index is 2.89. The monoisotopic (exact) mass is 202 g/mol. The van der Waals surface area contributed by atoms with Gasteiger partial charge in [-0.1, -0.05) is 31.8 Å². The molecule has 1 nitrogen and oxygen atoms in total. The molecule has 0 aliphatic heterocycles. The first-order valence-corrected chi connectivity index (χ1v) is 5.27. The molecular formula is C14H18O. The zero-order chi connectivity index (χ0) is 11.4. The third-order valence-electron chi connectivity index (χ3n) is 2.22. The van der Waals surface area contributed by atoms with Gasteiger partial charge in [-0.15, -0.1) is 0 Å². The van der Waals surface area contributed by atoms with Crippen LogP contribution in [-0.4, -0.2) is 11.2 Å². The van der Waals surface area contributed by atoms with E-state index in [1.807, 2.05) is 26.0 Å². The van der Waals surface area contributed by atoms with Gasteiger partial charge in [-0.25, -0.2) is 0 Å². The Morgan fingerprint density at radius 1 is 1.07 bits per heavy atom. The molecule has 80 valence electrons. The largest absolute Gasteiger partial charge is 0.380 e. The van der Waals surface area contributed by atoms with E-state index in [0.29, 0.717) is 0 Å². The lowest BCUT2D eigenvalue weighted by atomic mass is 10.1. The molecule has 1 heteroatoms. The molecular weight excluding hydrogens is 184 g/mol. The van der Waals surface area contributed by atoms with Gasteiger partial charge in [-0.3, -0.25) is 0 Å². The number of aliphatic hydroxyl groups is 1. The number of rotatable bonds is 1. The van der Waals surface area contributed by atoms with E-state index in [2.05, 4.69) is 31.8 Å². The summed E-state index contributed by atoms with van der Waals surface area (Å²) in [5.74, 6) is 6.05. The van der Waals surface area contributed by atoms with Crippen LogP contribution in [0.4, 0.5) is 0 Å². The minimum Gasteiger partial charge on any atom is -0.380 e. The van der Waals surface area contributed by atoms with Crippen molar-refractivity contribution in [1.82, 2.24) is 0 Å². The number of aliphatic hydroxyl groups excluding tert-OH is 1. The third kappa shape index (κ3) is 3.77. The maximum Gasteiger partial charge on any atom is 0.117 e. The van der Waals surface area contributed by atoms with Gasteiger partial charge in [-0.2, -0.15) is 0 Å². The predicted molar refractivity (Wildman–Crippen MR) is 63.6 cm³/mol. The Kier molecular flexibility index (Phi) is 3.94. The van der Waals surface area contributed by atoms with Crippen LogP contribution in [0.2, 0.25) is 0 Å². The highest BCUT2D eigenvalue weighted by Gasteiger charge is 2.03. The molecule has 1 aromatic carbocycles. The van der Waals surface area contributed by atoms with Crippen LogP contribution in [0.1, 0.15) is 30.5 Å². The zero-order valence-corrected chi connectivity index (χ0v) is 9.83. The van der Waals surface area contributed by atoms with Crippen LogP contribution in [0.15, 0.2) is 18.2 Å². The second-order valence-corrected chi connectivity index (χ2v) is 4.33. The molecule has 0 saturated carbocycles. The molecule has 1 aromatic rings. The van der Waals surface area contributed by atoms with Crippen molar-refractivity contribution in [3.63, 3.8) is 0 Å². The van der Waals surface area contributed by atoms with Gasteiger partial charge in [0.25, 0.3) is 0 Å². The van der Waals surface area contributed by atoms with Gasteiger partial charge in [0.1, 0.15) is 6.10 Å². The summed E-state index contributed by atoms with van der Waals surface area (Å²) >= 11 is 0. The van der Waals surface area contributed by atoms with Crippen LogP contribution in [-0.2, 0) is 0 Å². The summed E-state index contributed by atoms with van der Waals surface area (Å²) in [5, 5.41) is 9.55. The lowest BCUT2D eigenvalue weighted by molar-refractivity contribution is 0.181. The molecule has 0 spiro atoms. The summed E-state index contributed by atoms with van der Waals surface area (Å²) < 4.78 is 0. The summed E-state index contributed by atoms with van der Waals surface area (Å²) in [6, 6.07) is 6.18. The second-order valence-electron chi connectivity index (χ2n) is 4.33. The van der Waals surface area contributed by atoms with Crippen LogP contribution in [0, 0.1) is 31.6 Å². The molecule has 0 heterocycles. The molecule has 0 aliphatic rings. The molecule has 0 aromatic heterocycles. The Morgan fingerprint density at radius 3 is 2.07 bits per heavy atom. The normalized spacial score (nSPS) is 12.1. The SMILES string of the molecule is Cc1cc(C)cc(C#CC(O)C(C)C)c1. The van der Waals surface area contributed by atoms with Gasteiger partial charge in [0, 0.05) is 5.56 Å². The first-order valence-electron chi connectivity index (χ1n) is 5.27. The van der Waals surface area contributed by atoms with Crippen molar-refractivity contribution in [2.45, 2.75) is 33.8 Å². The smallest absolute Gasteiger partial charge is 0.117 e. The number of benzene rings is 1. The molecule has 1 unspecified atom stereocenters. The first-order chi connectivity index (χ1) is 6.99. The molecule has 0 aliphatic carbocycles. The predicted octanol–water partition coefficient (Wildman–Crippen LogP) is 2.67. The van der Waals surface area contributed by atoms with Crippen molar-refractivity contribution in [2.75, 3.05) is 0 Å². The van der Waals surface area contributed by atoms with E-state index in [0.717, 1.165) is 5.56 Å². The Bertz CT molecular complexity index is 373. The quantitative estimate of drug-likeness (QED) is 0.694. The van der Waals surface area contributed by atoms with Crippen molar-refractivity contribution >= 4 is 0 Å². The summed E-state index contributed by atoms with van der Waals surface area (Å²) in [4.78, 5) is 0. The van der Waals surface area contributed by atoms with Crippen LogP contribution in [0.25, 0.3) is 0 Å². The highest BCUT2D eigenvalue weighted by atomic mass is 16.3. The van der Waals surface area contributed by atoms with Crippen LogP contribution in [0.5, 0.6) is 0 Å². The minimum absolute atomic E-state index is 0.184. The van der Waals surface area contributed by atoms with E-state index in [9.17, 15) is 5.11 Å². The Labute approximate surface area is 92.1 Å². The molecule has 1 rings (SSSR count). The van der Waals surface area contributed by atoms with E-state index in [1.165, 1.54) is 11.1 Å². The third-order valence-corrected chi connectivity index (χ3v) is 2.22. The van der Waals surface area contributed by atoms with E-state index in [-0.39, 0.29) is 5.92 Å². The summed E-state index contributed by atoms with van der Waals surface area (Å²) in [6.45, 7) is 8.02. The maximum atomic E-state index is 9.55. The van der Waals surface area contributed by atoms with Gasteiger partial charge in [0.15, 0.2) is 0 Å². The number of hydrogen-bond donors (Lipinski definition) is 1. The highest BCUT2D eigenvalue weighted by molar-refractivity contribution is 5.40. The van der Waals surface area contributed by atoms with Crippen molar-refractivity contribution in [2.24, 2.45) is 5.92 Å². The molecule has 0 bridgehead atoms. The second kappa shape index (κ2) is 5.00. The van der Waals surface area contributed by atoms with Crippen molar-refractivity contribution in [3.8, 4) is 11.8 Å². The Morgan fingerprint density at radius 2 is 1.60 bits per heavy atom. The highest BCUT2D eigenvalue weighted by Crippen LogP contribution is 2.08. The molecule has 15 heavy (non-hydrogen) atoms. The van der Waals surface area contributed by atoms with E-state index in [4.69, 9.17) is 0 Å². The molecule has 0 saturated heterocycles. The zero-order valence-electron chi connectivity index (χ0n) is 9.83. The maximum absolute atomic E-state index is 9.55. The number of aryl methyl sites for hydroxylation is 2. The fraction of sp³-hybridized carbons (Fsp3) is 0.429. The lowest BCUT2D eigenvalue weighted by Gasteiger charge is -2.05. The van der Waals surface area contributed by atoms with Crippen molar-refractivity contribution in [1.29, 1.82) is 0 Å². The fourth-order valence-corrected chi connectivity index (χ4v) is 1.37. The van der Waals surface area contributed by atoms with Crippen molar-refractivity contribution in [3.05, 3.63) is 34.9 Å². The molecule has 0 amide bonds. The molecule has 0 fully saturated rings. The van der Waals surface area contributed by atoms with Crippen molar-refractivity contribution < 1.29 is 5.11 Å². The van der Waals surface area contributed by atoms with E-state index < -0.39 is 6.10 Å². The van der Waals surface area contributed by atoms with E-state index in [1.54, 1.807) is 0 Å². The van der Waals surface area contributed by atoms with Gasteiger partial charge >= 0.3 is 0 Å². The van der Waals surface area contributed by atoms with E-state index >= 15 is 0 Å². The van der Waals surface area contributed by atoms with Gasteiger partial charge in [0.05, 0.1) is 0 Å². The van der Waals surface area contributed by atoms with Crippen LogP contribution < -0.4 is 0 Å². The van der Waals surface area contributed by atoms with Gasteiger partial charge < -0.3 is 5.11 Å². The first kappa shape index (κ1) is 11.8. The average molecular weight is 202 g/mol.